The number of amides is 1. The van der Waals surface area contributed by atoms with E-state index >= 15 is 0 Å². The van der Waals surface area contributed by atoms with Crippen LogP contribution in [0.4, 0.5) is 5.69 Å². The third kappa shape index (κ3) is 4.55. The topological polar surface area (TPSA) is 54.9 Å². The van der Waals surface area contributed by atoms with Crippen molar-refractivity contribution in [3.63, 3.8) is 0 Å². The fraction of sp³-hybridized carbons (Fsp3) is 0.389. The molecule has 1 heterocycles. The van der Waals surface area contributed by atoms with Gasteiger partial charge in [-0.1, -0.05) is 29.5 Å². The number of carbonyl (C=O) groups is 1. The molecule has 1 aromatic heterocycles. The number of rotatable bonds is 5. The van der Waals surface area contributed by atoms with Crippen LogP contribution in [0.2, 0.25) is 0 Å². The van der Waals surface area contributed by atoms with Gasteiger partial charge >= 0.3 is 0 Å². The third-order valence-electron chi connectivity index (χ3n) is 3.84. The minimum atomic E-state index is 0.0182. The van der Waals surface area contributed by atoms with Crippen molar-refractivity contribution in [1.29, 1.82) is 0 Å². The van der Waals surface area contributed by atoms with Crippen LogP contribution in [0.1, 0.15) is 34.5 Å². The van der Waals surface area contributed by atoms with Crippen molar-refractivity contribution in [1.82, 2.24) is 9.97 Å². The van der Waals surface area contributed by atoms with E-state index in [1.807, 2.05) is 46.1 Å². The van der Waals surface area contributed by atoms with E-state index in [1.165, 1.54) is 17.3 Å². The van der Waals surface area contributed by atoms with Crippen LogP contribution in [0, 0.1) is 27.7 Å². The molecular formula is C18H23N3OS. The van der Waals surface area contributed by atoms with Gasteiger partial charge in [0.05, 0.1) is 0 Å². The molecule has 5 heteroatoms. The second kappa shape index (κ2) is 7.59. The van der Waals surface area contributed by atoms with E-state index in [0.717, 1.165) is 33.4 Å². The van der Waals surface area contributed by atoms with Gasteiger partial charge in [-0.05, 0) is 57.6 Å². The van der Waals surface area contributed by atoms with Gasteiger partial charge in [-0.15, -0.1) is 0 Å². The summed E-state index contributed by atoms with van der Waals surface area (Å²) in [5.74, 6) is 0.0182. The van der Waals surface area contributed by atoms with Crippen molar-refractivity contribution < 1.29 is 4.79 Å². The molecule has 23 heavy (non-hydrogen) atoms. The number of aryl methyl sites for hydroxylation is 4. The van der Waals surface area contributed by atoms with Crippen LogP contribution < -0.4 is 5.32 Å². The molecule has 0 fully saturated rings. The molecule has 122 valence electrons. The Labute approximate surface area is 142 Å². The van der Waals surface area contributed by atoms with Gasteiger partial charge in [0.1, 0.15) is 0 Å². The van der Waals surface area contributed by atoms with Crippen molar-refractivity contribution in [3.05, 3.63) is 46.3 Å². The minimum Gasteiger partial charge on any atom is -0.326 e. The highest BCUT2D eigenvalue weighted by atomic mass is 32.2. The lowest BCUT2D eigenvalue weighted by atomic mass is 10.1. The molecule has 1 amide bonds. The van der Waals surface area contributed by atoms with E-state index < -0.39 is 0 Å². The van der Waals surface area contributed by atoms with Gasteiger partial charge in [-0.3, -0.25) is 4.79 Å². The molecule has 0 aliphatic rings. The van der Waals surface area contributed by atoms with Gasteiger partial charge < -0.3 is 5.32 Å². The molecule has 1 aromatic carbocycles. The molecule has 2 aromatic rings. The summed E-state index contributed by atoms with van der Waals surface area (Å²) in [6, 6.07) is 6.03. The first-order valence-corrected chi connectivity index (χ1v) is 8.88. The van der Waals surface area contributed by atoms with Gasteiger partial charge in [-0.2, -0.15) is 0 Å². The Balaban J connectivity index is 2.02. The Hall–Kier alpha value is -1.88. The first-order valence-electron chi connectivity index (χ1n) is 7.66. The molecule has 0 atom stereocenters. The van der Waals surface area contributed by atoms with Gasteiger partial charge in [0, 0.05) is 23.5 Å². The van der Waals surface area contributed by atoms with E-state index in [2.05, 4.69) is 21.4 Å². The Morgan fingerprint density at radius 2 is 1.78 bits per heavy atom. The number of nitrogens with one attached hydrogen (secondary N) is 1. The second-order valence-corrected chi connectivity index (χ2v) is 6.50. The first-order chi connectivity index (χ1) is 10.9. The van der Waals surface area contributed by atoms with Gasteiger partial charge in [0.2, 0.25) is 5.91 Å². The lowest BCUT2D eigenvalue weighted by molar-refractivity contribution is -0.116. The molecule has 4 nitrogen and oxygen atoms in total. The van der Waals surface area contributed by atoms with Crippen LogP contribution in [-0.2, 0) is 11.2 Å². The molecule has 0 spiro atoms. The van der Waals surface area contributed by atoms with Crippen LogP contribution in [0.5, 0.6) is 0 Å². The Bertz CT molecular complexity index is 705. The molecule has 1 N–H and O–H groups in total. The number of hydrogen-bond donors (Lipinski definition) is 1. The number of carbonyl (C=O) groups excluding carboxylic acids is 1. The highest BCUT2D eigenvalue weighted by Crippen LogP contribution is 2.19. The van der Waals surface area contributed by atoms with E-state index in [1.54, 1.807) is 0 Å². The largest absolute Gasteiger partial charge is 0.326 e. The summed E-state index contributed by atoms with van der Waals surface area (Å²) in [5.41, 5.74) is 6.14. The molecule has 0 bridgehead atoms. The summed E-state index contributed by atoms with van der Waals surface area (Å²) < 4.78 is 0. The maximum absolute atomic E-state index is 12.2. The monoisotopic (exact) mass is 329 g/mol. The summed E-state index contributed by atoms with van der Waals surface area (Å²) in [7, 11) is 0. The van der Waals surface area contributed by atoms with Crippen molar-refractivity contribution in [2.45, 2.75) is 45.7 Å². The summed E-state index contributed by atoms with van der Waals surface area (Å²) in [5, 5.41) is 3.77. The van der Waals surface area contributed by atoms with Gasteiger partial charge in [-0.25, -0.2) is 9.97 Å². The minimum absolute atomic E-state index is 0.0182. The zero-order valence-corrected chi connectivity index (χ0v) is 15.2. The maximum atomic E-state index is 12.2. The van der Waals surface area contributed by atoms with Crippen molar-refractivity contribution in [2.24, 2.45) is 0 Å². The van der Waals surface area contributed by atoms with E-state index in [-0.39, 0.29) is 5.91 Å². The molecular weight excluding hydrogens is 306 g/mol. The highest BCUT2D eigenvalue weighted by Gasteiger charge is 2.11. The first kappa shape index (κ1) is 17.5. The van der Waals surface area contributed by atoms with Crippen LogP contribution in [-0.4, -0.2) is 22.1 Å². The number of anilines is 1. The fourth-order valence-electron chi connectivity index (χ4n) is 2.57. The molecule has 0 saturated carbocycles. The van der Waals surface area contributed by atoms with E-state index in [0.29, 0.717) is 12.8 Å². The van der Waals surface area contributed by atoms with E-state index in [4.69, 9.17) is 0 Å². The zero-order chi connectivity index (χ0) is 17.0. The highest BCUT2D eigenvalue weighted by molar-refractivity contribution is 7.98. The van der Waals surface area contributed by atoms with Crippen LogP contribution in [0.3, 0.4) is 0 Å². The van der Waals surface area contributed by atoms with Crippen LogP contribution in [0.25, 0.3) is 0 Å². The van der Waals surface area contributed by atoms with Crippen molar-refractivity contribution >= 4 is 23.4 Å². The second-order valence-electron chi connectivity index (χ2n) is 5.73. The number of thioether (sulfide) groups is 1. The van der Waals surface area contributed by atoms with Crippen LogP contribution in [0.15, 0.2) is 23.4 Å². The lowest BCUT2D eigenvalue weighted by Crippen LogP contribution is -2.14. The lowest BCUT2D eigenvalue weighted by Gasteiger charge is -2.11. The Morgan fingerprint density at radius 3 is 2.35 bits per heavy atom. The standard InChI is InChI=1S/C18H23N3OS/c1-11-6-8-16(12(2)10-11)21-17(22)9-7-15-13(3)19-18(23-5)20-14(15)4/h6,8,10H,7,9H2,1-5H3,(H,21,22). The molecule has 0 aliphatic carbocycles. The molecule has 0 radical (unpaired) electrons. The predicted octanol–water partition coefficient (Wildman–Crippen LogP) is 4.00. The molecule has 0 aliphatic heterocycles. The third-order valence-corrected chi connectivity index (χ3v) is 4.39. The zero-order valence-electron chi connectivity index (χ0n) is 14.4. The van der Waals surface area contributed by atoms with E-state index in [9.17, 15) is 4.79 Å². The number of benzene rings is 1. The summed E-state index contributed by atoms with van der Waals surface area (Å²) >= 11 is 1.53. The van der Waals surface area contributed by atoms with Gasteiger partial charge in [0.15, 0.2) is 5.16 Å². The fourth-order valence-corrected chi connectivity index (χ4v) is 3.02. The summed E-state index contributed by atoms with van der Waals surface area (Å²) in [6.45, 7) is 8.01. The predicted molar refractivity (Wildman–Crippen MR) is 96.2 cm³/mol. The summed E-state index contributed by atoms with van der Waals surface area (Å²) in [6.07, 6.45) is 3.05. The average molecular weight is 329 g/mol. The maximum Gasteiger partial charge on any atom is 0.224 e. The molecule has 2 rings (SSSR count). The van der Waals surface area contributed by atoms with Gasteiger partial charge in [0.25, 0.3) is 0 Å². The number of hydrogen-bond acceptors (Lipinski definition) is 4. The normalized spacial score (nSPS) is 10.7. The number of nitrogens with zero attached hydrogens (tertiary/aromatic N) is 2. The SMILES string of the molecule is CSc1nc(C)c(CCC(=O)Nc2ccc(C)cc2C)c(C)n1. The molecule has 0 unspecified atom stereocenters. The van der Waals surface area contributed by atoms with Crippen LogP contribution >= 0.6 is 11.8 Å². The Morgan fingerprint density at radius 1 is 1.13 bits per heavy atom. The Kier molecular flexibility index (Phi) is 5.77. The van der Waals surface area contributed by atoms with Crippen molar-refractivity contribution in [2.75, 3.05) is 11.6 Å². The molecule has 0 saturated heterocycles. The average Bonchev–Trinajstić information content (AvgIpc) is 2.49. The smallest absolute Gasteiger partial charge is 0.224 e. The number of aromatic nitrogens is 2. The summed E-state index contributed by atoms with van der Waals surface area (Å²) in [4.78, 5) is 21.1. The van der Waals surface area contributed by atoms with Crippen molar-refractivity contribution in [3.8, 4) is 0 Å². The quantitative estimate of drug-likeness (QED) is 0.665.